The maximum Gasteiger partial charge on any atom is 0.202 e. The van der Waals surface area contributed by atoms with Gasteiger partial charge in [0, 0.05) is 24.0 Å². The maximum atomic E-state index is 13.4. The number of nitrogens with one attached hydrogen (secondary N) is 3. The summed E-state index contributed by atoms with van der Waals surface area (Å²) in [6.07, 6.45) is 3.01. The van der Waals surface area contributed by atoms with E-state index in [9.17, 15) is 18.0 Å². The van der Waals surface area contributed by atoms with E-state index < -0.39 is 15.7 Å². The fraction of sp³-hybridized carbons (Fsp3) is 0.316. The normalized spacial score (nSPS) is 18.8. The maximum absolute atomic E-state index is 13.4. The number of fused-ring (bicyclic) bond motifs is 1. The number of nitrogens with zero attached hydrogens (tertiary/aromatic N) is 3. The molecule has 1 fully saturated rings. The fourth-order valence-corrected chi connectivity index (χ4v) is 5.53. The minimum absolute atomic E-state index is 0.0128. The van der Waals surface area contributed by atoms with Crippen molar-refractivity contribution in [1.29, 1.82) is 0 Å². The van der Waals surface area contributed by atoms with Gasteiger partial charge in [-0.2, -0.15) is 4.98 Å². The van der Waals surface area contributed by atoms with Crippen LogP contribution in [0.25, 0.3) is 11.2 Å². The van der Waals surface area contributed by atoms with Crippen LogP contribution in [0.1, 0.15) is 18.4 Å². The van der Waals surface area contributed by atoms with Crippen molar-refractivity contribution in [3.8, 4) is 0 Å². The summed E-state index contributed by atoms with van der Waals surface area (Å²) >= 11 is 5.81. The molecule has 4 N–H and O–H groups in total. The van der Waals surface area contributed by atoms with Crippen LogP contribution in [0.4, 0.5) is 16.0 Å². The second kappa shape index (κ2) is 8.67. The smallest absolute Gasteiger partial charge is 0.202 e. The molecule has 3 heterocycles. The van der Waals surface area contributed by atoms with Gasteiger partial charge in [-0.3, -0.25) is 0 Å². The Balaban J connectivity index is 1.54. The lowest BCUT2D eigenvalue weighted by Gasteiger charge is -2.21. The summed E-state index contributed by atoms with van der Waals surface area (Å²) < 4.78 is 37.0. The zero-order chi connectivity index (χ0) is 22.0. The number of H-pyrrole nitrogens is 1. The molecule has 9 nitrogen and oxygen atoms in total. The molecule has 0 spiro atoms. The van der Waals surface area contributed by atoms with Gasteiger partial charge < -0.3 is 20.8 Å². The molecule has 4 rings (SSSR count). The monoisotopic (exact) mass is 466 g/mol. The highest BCUT2D eigenvalue weighted by molar-refractivity contribution is 7.91. The number of amidine groups is 1. The summed E-state index contributed by atoms with van der Waals surface area (Å²) in [5.74, 6) is 0.380. The van der Waals surface area contributed by atoms with Gasteiger partial charge in [-0.15, -0.1) is 0 Å². The third kappa shape index (κ3) is 4.88. The fourth-order valence-electron chi connectivity index (χ4n) is 3.57. The SMILES string of the molecule is O=S1(=O)CCCC(CNc2nc3nccc(C(=NO)Nc4ccc(F)c(Cl)c4)c3[nH]2)C1. The first-order valence-electron chi connectivity index (χ1n) is 9.58. The van der Waals surface area contributed by atoms with Crippen LogP contribution in [0.3, 0.4) is 0 Å². The van der Waals surface area contributed by atoms with Gasteiger partial charge in [0.1, 0.15) is 5.82 Å². The number of rotatable bonds is 5. The molecule has 3 aromatic rings. The predicted octanol–water partition coefficient (Wildman–Crippen LogP) is 3.24. The predicted molar refractivity (Wildman–Crippen MR) is 117 cm³/mol. The summed E-state index contributed by atoms with van der Waals surface area (Å²) in [5, 5.41) is 18.8. The number of pyridine rings is 1. The second-order valence-corrected chi connectivity index (χ2v) is 9.98. The number of hydrogen-bond acceptors (Lipinski definition) is 7. The van der Waals surface area contributed by atoms with Gasteiger partial charge in [0.25, 0.3) is 0 Å². The lowest BCUT2D eigenvalue weighted by atomic mass is 10.1. The third-order valence-electron chi connectivity index (χ3n) is 5.05. The van der Waals surface area contributed by atoms with Gasteiger partial charge in [0.05, 0.1) is 22.0 Å². The van der Waals surface area contributed by atoms with Crippen LogP contribution in [0.15, 0.2) is 35.6 Å². The van der Waals surface area contributed by atoms with Crippen molar-refractivity contribution in [3.63, 3.8) is 0 Å². The third-order valence-corrected chi connectivity index (χ3v) is 7.22. The summed E-state index contributed by atoms with van der Waals surface area (Å²) in [6.45, 7) is 0.460. The standard InChI is InChI=1S/C19H20ClFN6O3S/c20-14-8-12(3-4-15(14)21)24-17(27-28)13-5-6-22-18-16(13)25-19(26-18)23-9-11-2-1-7-31(29,30)10-11/h3-6,8,11,28H,1-2,7,9-10H2,(H,24,27)(H2,22,23,25,26). The average Bonchev–Trinajstić information content (AvgIpc) is 3.16. The van der Waals surface area contributed by atoms with Gasteiger partial charge in [-0.1, -0.05) is 16.8 Å². The number of aromatic amines is 1. The van der Waals surface area contributed by atoms with Crippen LogP contribution in [-0.2, 0) is 9.84 Å². The number of aromatic nitrogens is 3. The summed E-state index contributed by atoms with van der Waals surface area (Å²) in [5.41, 5.74) is 1.81. The van der Waals surface area contributed by atoms with Crippen LogP contribution < -0.4 is 10.6 Å². The molecule has 1 atom stereocenters. The van der Waals surface area contributed by atoms with E-state index in [0.29, 0.717) is 41.3 Å². The first-order chi connectivity index (χ1) is 14.8. The number of halogens is 2. The molecular weight excluding hydrogens is 447 g/mol. The highest BCUT2D eigenvalue weighted by atomic mass is 35.5. The molecule has 1 aliphatic rings. The van der Waals surface area contributed by atoms with Crippen molar-refractivity contribution in [2.45, 2.75) is 12.8 Å². The van der Waals surface area contributed by atoms with Crippen LogP contribution in [0.5, 0.6) is 0 Å². The average molecular weight is 467 g/mol. The molecule has 1 saturated heterocycles. The minimum Gasteiger partial charge on any atom is -0.409 e. The minimum atomic E-state index is -2.99. The summed E-state index contributed by atoms with van der Waals surface area (Å²) in [4.78, 5) is 11.7. The Morgan fingerprint density at radius 3 is 2.97 bits per heavy atom. The molecule has 31 heavy (non-hydrogen) atoms. The van der Waals surface area contributed by atoms with Crippen molar-refractivity contribution >= 4 is 50.1 Å². The first kappa shape index (κ1) is 21.3. The molecule has 0 amide bonds. The van der Waals surface area contributed by atoms with Gasteiger partial charge in [0.2, 0.25) is 5.95 Å². The van der Waals surface area contributed by atoms with E-state index >= 15 is 0 Å². The number of oxime groups is 1. The molecular formula is C19H20ClFN6O3S. The lowest BCUT2D eigenvalue weighted by Crippen LogP contribution is -2.29. The van der Waals surface area contributed by atoms with Crippen LogP contribution in [0, 0.1) is 11.7 Å². The molecule has 1 aromatic carbocycles. The molecule has 1 aliphatic heterocycles. The Hall–Kier alpha value is -2.92. The molecule has 0 bridgehead atoms. The number of benzene rings is 1. The molecule has 2 aromatic heterocycles. The molecule has 0 radical (unpaired) electrons. The Morgan fingerprint density at radius 1 is 1.39 bits per heavy atom. The summed E-state index contributed by atoms with van der Waals surface area (Å²) in [6, 6.07) is 5.66. The Bertz CT molecular complexity index is 1250. The Morgan fingerprint density at radius 2 is 2.23 bits per heavy atom. The van der Waals surface area contributed by atoms with E-state index in [0.717, 1.165) is 6.42 Å². The quantitative estimate of drug-likeness (QED) is 0.196. The lowest BCUT2D eigenvalue weighted by molar-refractivity contribution is 0.319. The van der Waals surface area contributed by atoms with E-state index in [-0.39, 0.29) is 28.3 Å². The van der Waals surface area contributed by atoms with E-state index in [1.165, 1.54) is 24.4 Å². The largest absolute Gasteiger partial charge is 0.409 e. The van der Waals surface area contributed by atoms with E-state index in [4.69, 9.17) is 11.6 Å². The highest BCUT2D eigenvalue weighted by Gasteiger charge is 2.25. The number of sulfone groups is 1. The van der Waals surface area contributed by atoms with Crippen LogP contribution >= 0.6 is 11.6 Å². The zero-order valence-corrected chi connectivity index (χ0v) is 17.8. The van der Waals surface area contributed by atoms with Crippen LogP contribution in [0.2, 0.25) is 5.02 Å². The molecule has 164 valence electrons. The molecule has 0 aliphatic carbocycles. The van der Waals surface area contributed by atoms with Gasteiger partial charge >= 0.3 is 0 Å². The summed E-state index contributed by atoms with van der Waals surface area (Å²) in [7, 11) is -2.99. The van der Waals surface area contributed by atoms with Crippen molar-refractivity contribution < 1.29 is 18.0 Å². The highest BCUT2D eigenvalue weighted by Crippen LogP contribution is 2.23. The van der Waals surface area contributed by atoms with E-state index in [1.807, 2.05) is 0 Å². The van der Waals surface area contributed by atoms with E-state index in [1.54, 1.807) is 6.07 Å². The number of anilines is 2. The van der Waals surface area contributed by atoms with Gasteiger partial charge in [-0.25, -0.2) is 17.8 Å². The Labute approximate surface area is 182 Å². The van der Waals surface area contributed by atoms with Gasteiger partial charge in [-0.05, 0) is 43.0 Å². The van der Waals surface area contributed by atoms with Crippen molar-refractivity contribution in [2.24, 2.45) is 11.1 Å². The van der Waals surface area contributed by atoms with Crippen molar-refractivity contribution in [3.05, 3.63) is 46.9 Å². The Kier molecular flexibility index (Phi) is 5.96. The van der Waals surface area contributed by atoms with Gasteiger partial charge in [0.15, 0.2) is 21.3 Å². The molecule has 0 saturated carbocycles. The molecule has 1 unspecified atom stereocenters. The molecule has 12 heteroatoms. The van der Waals surface area contributed by atoms with Crippen molar-refractivity contribution in [1.82, 2.24) is 15.0 Å². The second-order valence-electron chi connectivity index (χ2n) is 7.35. The number of imidazole rings is 1. The first-order valence-corrected chi connectivity index (χ1v) is 11.8. The number of hydrogen-bond donors (Lipinski definition) is 4. The zero-order valence-electron chi connectivity index (χ0n) is 16.3. The topological polar surface area (TPSA) is 132 Å². The van der Waals surface area contributed by atoms with Crippen molar-refractivity contribution in [2.75, 3.05) is 28.7 Å². The van der Waals surface area contributed by atoms with E-state index in [2.05, 4.69) is 30.7 Å². The van der Waals surface area contributed by atoms with Crippen LogP contribution in [-0.4, -0.2) is 52.5 Å².